The minimum atomic E-state index is -1.03. The zero-order valence-electron chi connectivity index (χ0n) is 11.4. The van der Waals surface area contributed by atoms with Gasteiger partial charge in [0, 0.05) is 6.54 Å². The number of carbonyl (C=O) groups excluding carboxylic acids is 1. The number of amides is 1. The number of carbonyl (C=O) groups is 2. The van der Waals surface area contributed by atoms with Gasteiger partial charge in [0.25, 0.3) is 0 Å². The number of carboxylic acids is 1. The van der Waals surface area contributed by atoms with E-state index in [1.807, 2.05) is 11.8 Å². The molecule has 0 spiro atoms. The first-order valence-electron chi connectivity index (χ1n) is 6.64. The number of carboxylic acid groups (broad SMARTS) is 1. The number of benzene rings is 1. The highest BCUT2D eigenvalue weighted by atomic mass is 16.5. The molecule has 0 saturated carbocycles. The van der Waals surface area contributed by atoms with Crippen LogP contribution in [-0.4, -0.2) is 43.2 Å². The van der Waals surface area contributed by atoms with Crippen LogP contribution in [0.15, 0.2) is 18.2 Å². The van der Waals surface area contributed by atoms with Crippen molar-refractivity contribution in [3.63, 3.8) is 0 Å². The van der Waals surface area contributed by atoms with Gasteiger partial charge < -0.3 is 20.1 Å². The van der Waals surface area contributed by atoms with Crippen molar-refractivity contribution in [2.24, 2.45) is 0 Å². The maximum Gasteiger partial charge on any atom is 0.339 e. The summed E-state index contributed by atoms with van der Waals surface area (Å²) in [6.07, 6.45) is 0.884. The Bertz CT molecular complexity index is 516. The van der Waals surface area contributed by atoms with E-state index in [4.69, 9.17) is 9.84 Å². The minimum Gasteiger partial charge on any atom is -0.489 e. The van der Waals surface area contributed by atoms with Gasteiger partial charge in [-0.15, -0.1) is 0 Å². The molecule has 1 amide bonds. The van der Waals surface area contributed by atoms with Crippen molar-refractivity contribution >= 4 is 17.6 Å². The number of aromatic carboxylic acids is 1. The van der Waals surface area contributed by atoms with Crippen LogP contribution in [0.1, 0.15) is 23.7 Å². The molecule has 1 aromatic rings. The van der Waals surface area contributed by atoms with Gasteiger partial charge in [-0.3, -0.25) is 4.79 Å². The monoisotopic (exact) mass is 278 g/mol. The van der Waals surface area contributed by atoms with Crippen molar-refractivity contribution in [2.75, 3.05) is 31.1 Å². The van der Waals surface area contributed by atoms with Crippen LogP contribution in [0.4, 0.5) is 5.69 Å². The van der Waals surface area contributed by atoms with Gasteiger partial charge >= 0.3 is 5.97 Å². The molecule has 1 aliphatic rings. The highest BCUT2D eigenvalue weighted by Crippen LogP contribution is 2.34. The van der Waals surface area contributed by atoms with Crippen molar-refractivity contribution in [1.82, 2.24) is 5.32 Å². The highest BCUT2D eigenvalue weighted by Gasteiger charge is 2.24. The number of hydrogen-bond donors (Lipinski definition) is 2. The molecule has 0 unspecified atom stereocenters. The van der Waals surface area contributed by atoms with Crippen molar-refractivity contribution in [3.8, 4) is 5.75 Å². The second-order valence-corrected chi connectivity index (χ2v) is 4.58. The molecule has 6 nitrogen and oxygen atoms in total. The molecule has 0 fully saturated rings. The standard InChI is InChI=1S/C14H18N2O4/c1-2-6-15-12(17)9-16-7-8-20-13-10(14(18)19)4-3-5-11(13)16/h3-5H,2,6-9H2,1H3,(H,15,17)(H,18,19). The average Bonchev–Trinajstić information content (AvgIpc) is 2.44. The predicted octanol–water partition coefficient (Wildman–Crippen LogP) is 1.11. The van der Waals surface area contributed by atoms with Crippen molar-refractivity contribution < 1.29 is 19.4 Å². The van der Waals surface area contributed by atoms with E-state index in [0.717, 1.165) is 6.42 Å². The van der Waals surface area contributed by atoms with E-state index in [1.165, 1.54) is 6.07 Å². The lowest BCUT2D eigenvalue weighted by atomic mass is 10.1. The van der Waals surface area contributed by atoms with Gasteiger partial charge in [0.05, 0.1) is 18.8 Å². The summed E-state index contributed by atoms with van der Waals surface area (Å²) in [5.41, 5.74) is 0.781. The van der Waals surface area contributed by atoms with Crippen molar-refractivity contribution in [2.45, 2.75) is 13.3 Å². The zero-order valence-corrected chi connectivity index (χ0v) is 11.4. The SMILES string of the molecule is CCCNC(=O)CN1CCOc2c(C(=O)O)cccc21. The van der Waals surface area contributed by atoms with E-state index in [2.05, 4.69) is 5.32 Å². The largest absolute Gasteiger partial charge is 0.489 e. The van der Waals surface area contributed by atoms with Crippen molar-refractivity contribution in [3.05, 3.63) is 23.8 Å². The predicted molar refractivity (Wildman–Crippen MR) is 74.4 cm³/mol. The smallest absolute Gasteiger partial charge is 0.339 e. The normalized spacial score (nSPS) is 13.3. The van der Waals surface area contributed by atoms with Gasteiger partial charge in [-0.05, 0) is 18.6 Å². The first-order valence-corrected chi connectivity index (χ1v) is 6.64. The molecule has 1 aliphatic heterocycles. The molecule has 0 bridgehead atoms. The Morgan fingerprint density at radius 2 is 2.25 bits per heavy atom. The maximum atomic E-state index is 11.8. The van der Waals surface area contributed by atoms with Crippen LogP contribution < -0.4 is 15.0 Å². The number of hydrogen-bond acceptors (Lipinski definition) is 4. The van der Waals surface area contributed by atoms with Gasteiger partial charge in [-0.1, -0.05) is 13.0 Å². The number of ether oxygens (including phenoxy) is 1. The number of para-hydroxylation sites is 1. The van der Waals surface area contributed by atoms with E-state index in [9.17, 15) is 9.59 Å². The third kappa shape index (κ3) is 3.01. The maximum absolute atomic E-state index is 11.8. The highest BCUT2D eigenvalue weighted by molar-refractivity contribution is 5.94. The Morgan fingerprint density at radius 1 is 1.45 bits per heavy atom. The fraction of sp³-hybridized carbons (Fsp3) is 0.429. The molecule has 6 heteroatoms. The van der Waals surface area contributed by atoms with Crippen LogP contribution in [0, 0.1) is 0 Å². The summed E-state index contributed by atoms with van der Waals surface area (Å²) in [6.45, 7) is 3.78. The molecule has 0 aliphatic carbocycles. The van der Waals surface area contributed by atoms with Gasteiger partial charge in [0.15, 0.2) is 5.75 Å². The van der Waals surface area contributed by atoms with Gasteiger partial charge in [-0.2, -0.15) is 0 Å². The van der Waals surface area contributed by atoms with Crippen LogP contribution in [-0.2, 0) is 4.79 Å². The molecule has 1 aromatic carbocycles. The zero-order chi connectivity index (χ0) is 14.5. The van der Waals surface area contributed by atoms with Crippen LogP contribution in [0.2, 0.25) is 0 Å². The Labute approximate surface area is 117 Å². The molecule has 0 aromatic heterocycles. The van der Waals surface area contributed by atoms with E-state index in [1.54, 1.807) is 12.1 Å². The van der Waals surface area contributed by atoms with Crippen LogP contribution in [0.5, 0.6) is 5.75 Å². The number of nitrogens with one attached hydrogen (secondary N) is 1. The quantitative estimate of drug-likeness (QED) is 0.843. The Kier molecular flexibility index (Phi) is 4.45. The molecule has 108 valence electrons. The molecule has 20 heavy (non-hydrogen) atoms. The van der Waals surface area contributed by atoms with Crippen molar-refractivity contribution in [1.29, 1.82) is 0 Å². The average molecular weight is 278 g/mol. The van der Waals surface area contributed by atoms with E-state index in [-0.39, 0.29) is 18.0 Å². The molecule has 2 rings (SSSR count). The van der Waals surface area contributed by atoms with Crippen LogP contribution in [0.25, 0.3) is 0 Å². The molecule has 0 radical (unpaired) electrons. The first-order chi connectivity index (χ1) is 9.63. The molecular formula is C14H18N2O4. The summed E-state index contributed by atoms with van der Waals surface area (Å²) in [5.74, 6) is -0.755. The topological polar surface area (TPSA) is 78.9 Å². The van der Waals surface area contributed by atoms with E-state index >= 15 is 0 Å². The van der Waals surface area contributed by atoms with Gasteiger partial charge in [0.2, 0.25) is 5.91 Å². The number of anilines is 1. The number of rotatable bonds is 5. The molecule has 0 atom stereocenters. The Hall–Kier alpha value is -2.24. The number of nitrogens with zero attached hydrogens (tertiary/aromatic N) is 1. The summed E-state index contributed by atoms with van der Waals surface area (Å²) in [4.78, 5) is 24.8. The lowest BCUT2D eigenvalue weighted by Crippen LogP contribution is -2.41. The minimum absolute atomic E-state index is 0.0690. The summed E-state index contributed by atoms with van der Waals surface area (Å²) >= 11 is 0. The fourth-order valence-electron chi connectivity index (χ4n) is 2.13. The molecule has 2 N–H and O–H groups in total. The lowest BCUT2D eigenvalue weighted by molar-refractivity contribution is -0.119. The molecular weight excluding hydrogens is 260 g/mol. The molecule has 0 saturated heterocycles. The third-order valence-corrected chi connectivity index (χ3v) is 3.08. The second-order valence-electron chi connectivity index (χ2n) is 4.58. The summed E-state index contributed by atoms with van der Waals surface area (Å²) in [7, 11) is 0. The third-order valence-electron chi connectivity index (χ3n) is 3.08. The van der Waals surface area contributed by atoms with Gasteiger partial charge in [0.1, 0.15) is 12.2 Å². The summed E-state index contributed by atoms with van der Waals surface area (Å²) < 4.78 is 5.45. The summed E-state index contributed by atoms with van der Waals surface area (Å²) in [6, 6.07) is 4.93. The summed E-state index contributed by atoms with van der Waals surface area (Å²) in [5, 5.41) is 12.0. The van der Waals surface area contributed by atoms with Crippen LogP contribution in [0.3, 0.4) is 0 Å². The lowest BCUT2D eigenvalue weighted by Gasteiger charge is -2.31. The van der Waals surface area contributed by atoms with E-state index < -0.39 is 5.97 Å². The number of fused-ring (bicyclic) bond motifs is 1. The molecule has 1 heterocycles. The van der Waals surface area contributed by atoms with E-state index in [0.29, 0.717) is 31.1 Å². The first kappa shape index (κ1) is 14.2. The van der Waals surface area contributed by atoms with Gasteiger partial charge in [-0.25, -0.2) is 4.79 Å². The Balaban J connectivity index is 2.18. The Morgan fingerprint density at radius 3 is 2.95 bits per heavy atom. The second kappa shape index (κ2) is 6.27. The fourth-order valence-corrected chi connectivity index (χ4v) is 2.13. The van der Waals surface area contributed by atoms with Crippen LogP contribution >= 0.6 is 0 Å².